The van der Waals surface area contributed by atoms with Crippen molar-refractivity contribution in [3.8, 4) is 11.8 Å². The van der Waals surface area contributed by atoms with Gasteiger partial charge in [-0.3, -0.25) is 4.57 Å². The highest BCUT2D eigenvalue weighted by Crippen LogP contribution is 2.28. The van der Waals surface area contributed by atoms with Crippen molar-refractivity contribution >= 4 is 5.82 Å². The molecule has 92 valence electrons. The maximum Gasteiger partial charge on any atom is 0.126 e. The van der Waals surface area contributed by atoms with Gasteiger partial charge in [0.15, 0.2) is 0 Å². The summed E-state index contributed by atoms with van der Waals surface area (Å²) in [4.78, 5) is 0. The molecule has 0 aliphatic rings. The lowest BCUT2D eigenvalue weighted by molar-refractivity contribution is 0.618. The Kier molecular flexibility index (Phi) is 2.84. The molecule has 0 aliphatic carbocycles. The molecule has 0 atom stereocenters. The molecule has 2 rings (SSSR count). The molecule has 0 unspecified atom stereocenters. The first kappa shape index (κ1) is 12.2. The fourth-order valence-electron chi connectivity index (χ4n) is 2.08. The number of anilines is 1. The Labute approximate surface area is 105 Å². The second-order valence-corrected chi connectivity index (χ2v) is 4.35. The number of hydrogen-bond donors (Lipinski definition) is 1. The average molecular weight is 243 g/mol. The van der Waals surface area contributed by atoms with Gasteiger partial charge in [0, 0.05) is 11.4 Å². The first-order valence-electron chi connectivity index (χ1n) is 5.61. The van der Waals surface area contributed by atoms with Gasteiger partial charge in [0.05, 0.1) is 5.56 Å². The number of rotatable bonds is 1. The first-order chi connectivity index (χ1) is 8.47. The van der Waals surface area contributed by atoms with E-state index in [1.807, 2.05) is 13.8 Å². The second kappa shape index (κ2) is 4.19. The number of hydrogen-bond acceptors (Lipinski definition) is 2. The fraction of sp³-hybridized carbons (Fsp3) is 0.214. The van der Waals surface area contributed by atoms with E-state index in [0.29, 0.717) is 16.9 Å². The SMILES string of the molecule is Cc1cc(-n2c(C)c(C)c(C#N)c2N)ccc1F. The summed E-state index contributed by atoms with van der Waals surface area (Å²) >= 11 is 0. The van der Waals surface area contributed by atoms with Crippen molar-refractivity contribution < 1.29 is 4.39 Å². The topological polar surface area (TPSA) is 54.7 Å². The summed E-state index contributed by atoms with van der Waals surface area (Å²) in [6, 6.07) is 6.89. The Hall–Kier alpha value is -2.28. The molecule has 0 saturated carbocycles. The Balaban J connectivity index is 2.72. The number of aryl methyl sites for hydroxylation is 1. The lowest BCUT2D eigenvalue weighted by Crippen LogP contribution is -2.03. The van der Waals surface area contributed by atoms with E-state index in [1.165, 1.54) is 6.07 Å². The van der Waals surface area contributed by atoms with Gasteiger partial charge in [0.1, 0.15) is 17.7 Å². The molecule has 0 amide bonds. The van der Waals surface area contributed by atoms with E-state index < -0.39 is 0 Å². The first-order valence-corrected chi connectivity index (χ1v) is 5.61. The van der Waals surface area contributed by atoms with E-state index in [0.717, 1.165) is 16.9 Å². The molecule has 0 aliphatic heterocycles. The molecule has 4 heteroatoms. The van der Waals surface area contributed by atoms with E-state index in [9.17, 15) is 4.39 Å². The molecular formula is C14H14FN3. The lowest BCUT2D eigenvalue weighted by atomic mass is 10.2. The van der Waals surface area contributed by atoms with Crippen molar-refractivity contribution in [2.24, 2.45) is 0 Å². The van der Waals surface area contributed by atoms with Gasteiger partial charge in [-0.05, 0) is 50.1 Å². The molecule has 0 bridgehead atoms. The van der Waals surface area contributed by atoms with Crippen LogP contribution in [0.1, 0.15) is 22.4 Å². The highest BCUT2D eigenvalue weighted by molar-refractivity contribution is 5.62. The normalized spacial score (nSPS) is 10.4. The third kappa shape index (κ3) is 1.65. The van der Waals surface area contributed by atoms with E-state index in [2.05, 4.69) is 6.07 Å². The minimum absolute atomic E-state index is 0.251. The molecule has 1 aromatic heterocycles. The van der Waals surface area contributed by atoms with E-state index in [-0.39, 0.29) is 5.82 Å². The molecule has 2 aromatic rings. The smallest absolute Gasteiger partial charge is 0.126 e. The van der Waals surface area contributed by atoms with E-state index in [1.54, 1.807) is 23.6 Å². The molecule has 0 fully saturated rings. The van der Waals surface area contributed by atoms with Gasteiger partial charge < -0.3 is 5.73 Å². The van der Waals surface area contributed by atoms with Gasteiger partial charge in [-0.15, -0.1) is 0 Å². The van der Waals surface area contributed by atoms with Gasteiger partial charge >= 0.3 is 0 Å². The summed E-state index contributed by atoms with van der Waals surface area (Å²) in [6.07, 6.45) is 0. The van der Waals surface area contributed by atoms with Crippen LogP contribution >= 0.6 is 0 Å². The summed E-state index contributed by atoms with van der Waals surface area (Å²) in [6.45, 7) is 5.45. The predicted octanol–water partition coefficient (Wildman–Crippen LogP) is 3.00. The second-order valence-electron chi connectivity index (χ2n) is 4.35. The van der Waals surface area contributed by atoms with Crippen LogP contribution < -0.4 is 5.73 Å². The Morgan fingerprint density at radius 1 is 1.28 bits per heavy atom. The number of aromatic nitrogens is 1. The van der Waals surface area contributed by atoms with Gasteiger partial charge in [-0.1, -0.05) is 0 Å². The summed E-state index contributed by atoms with van der Waals surface area (Å²) < 4.78 is 15.1. The van der Waals surface area contributed by atoms with Crippen LogP contribution in [0.25, 0.3) is 5.69 Å². The molecule has 1 heterocycles. The molecule has 2 N–H and O–H groups in total. The molecular weight excluding hydrogens is 229 g/mol. The number of nitriles is 1. The van der Waals surface area contributed by atoms with Gasteiger partial charge in [-0.2, -0.15) is 5.26 Å². The minimum atomic E-state index is -0.251. The highest BCUT2D eigenvalue weighted by atomic mass is 19.1. The summed E-state index contributed by atoms with van der Waals surface area (Å²) in [5, 5.41) is 9.08. The molecule has 3 nitrogen and oxygen atoms in total. The van der Waals surface area contributed by atoms with Crippen molar-refractivity contribution in [1.82, 2.24) is 4.57 Å². The summed E-state index contributed by atoms with van der Waals surface area (Å²) in [5.74, 6) is 0.151. The molecule has 0 spiro atoms. The van der Waals surface area contributed by atoms with Crippen LogP contribution in [0.15, 0.2) is 18.2 Å². The largest absolute Gasteiger partial charge is 0.384 e. The highest BCUT2D eigenvalue weighted by Gasteiger charge is 2.16. The van der Waals surface area contributed by atoms with Crippen LogP contribution in [0.3, 0.4) is 0 Å². The number of nitrogens with two attached hydrogens (primary N) is 1. The zero-order valence-electron chi connectivity index (χ0n) is 10.6. The zero-order chi connectivity index (χ0) is 13.4. The molecule has 1 aromatic carbocycles. The quantitative estimate of drug-likeness (QED) is 0.837. The van der Waals surface area contributed by atoms with E-state index >= 15 is 0 Å². The summed E-state index contributed by atoms with van der Waals surface area (Å²) in [7, 11) is 0. The molecule has 0 radical (unpaired) electrons. The van der Waals surface area contributed by atoms with Crippen molar-refractivity contribution in [1.29, 1.82) is 5.26 Å². The lowest BCUT2D eigenvalue weighted by Gasteiger charge is -2.10. The van der Waals surface area contributed by atoms with Crippen molar-refractivity contribution in [3.05, 3.63) is 46.4 Å². The summed E-state index contributed by atoms with van der Waals surface area (Å²) in [5.41, 5.74) is 9.54. The van der Waals surface area contributed by atoms with E-state index in [4.69, 9.17) is 11.0 Å². The van der Waals surface area contributed by atoms with Crippen LogP contribution in [0, 0.1) is 37.9 Å². The van der Waals surface area contributed by atoms with Gasteiger partial charge in [0.25, 0.3) is 0 Å². The average Bonchev–Trinajstić information content (AvgIpc) is 2.54. The standard InChI is InChI=1S/C14H14FN3/c1-8-6-11(4-5-13(8)15)18-10(3)9(2)12(7-16)14(18)17/h4-6H,17H2,1-3H3. The minimum Gasteiger partial charge on any atom is -0.384 e. The number of halogens is 1. The maximum atomic E-state index is 13.3. The Morgan fingerprint density at radius 3 is 2.44 bits per heavy atom. The number of nitrogen functional groups attached to an aromatic ring is 1. The van der Waals surface area contributed by atoms with Crippen LogP contribution in [-0.2, 0) is 0 Å². The van der Waals surface area contributed by atoms with Crippen molar-refractivity contribution in [2.45, 2.75) is 20.8 Å². The fourth-order valence-corrected chi connectivity index (χ4v) is 2.08. The van der Waals surface area contributed by atoms with Gasteiger partial charge in [-0.25, -0.2) is 4.39 Å². The van der Waals surface area contributed by atoms with Crippen LogP contribution in [0.2, 0.25) is 0 Å². The zero-order valence-corrected chi connectivity index (χ0v) is 10.6. The van der Waals surface area contributed by atoms with Crippen LogP contribution in [-0.4, -0.2) is 4.57 Å². The number of benzene rings is 1. The maximum absolute atomic E-state index is 13.3. The van der Waals surface area contributed by atoms with Crippen molar-refractivity contribution in [2.75, 3.05) is 5.73 Å². The Morgan fingerprint density at radius 2 is 1.94 bits per heavy atom. The molecule has 18 heavy (non-hydrogen) atoms. The predicted molar refractivity (Wildman–Crippen MR) is 69.1 cm³/mol. The Bertz CT molecular complexity index is 663. The van der Waals surface area contributed by atoms with Crippen molar-refractivity contribution in [3.63, 3.8) is 0 Å². The number of nitrogens with zero attached hydrogens (tertiary/aromatic N) is 2. The molecule has 0 saturated heterocycles. The van der Waals surface area contributed by atoms with Crippen LogP contribution in [0.4, 0.5) is 10.2 Å². The van der Waals surface area contributed by atoms with Gasteiger partial charge in [0.2, 0.25) is 0 Å². The monoisotopic (exact) mass is 243 g/mol. The third-order valence-electron chi connectivity index (χ3n) is 3.26. The third-order valence-corrected chi connectivity index (χ3v) is 3.26. The van der Waals surface area contributed by atoms with Crippen LogP contribution in [0.5, 0.6) is 0 Å².